The molecule has 0 unspecified atom stereocenters. The van der Waals surface area contributed by atoms with Gasteiger partial charge in [-0.25, -0.2) is 9.18 Å². The highest BCUT2D eigenvalue weighted by atomic mass is 19.1. The number of rotatable bonds is 4. The summed E-state index contributed by atoms with van der Waals surface area (Å²) in [6, 6.07) is 5.27. The molecule has 2 aliphatic rings. The molecule has 2 atom stereocenters. The van der Waals surface area contributed by atoms with Crippen LogP contribution >= 0.6 is 0 Å². The van der Waals surface area contributed by atoms with Crippen LogP contribution in [0.3, 0.4) is 0 Å². The zero-order valence-corrected chi connectivity index (χ0v) is 14.3. The van der Waals surface area contributed by atoms with Crippen LogP contribution in [-0.4, -0.2) is 56.4 Å². The smallest absolute Gasteiger partial charge is 0.336 e. The van der Waals surface area contributed by atoms with Crippen LogP contribution in [0.5, 0.6) is 0 Å². The highest BCUT2D eigenvalue weighted by Gasteiger charge is 2.32. The Morgan fingerprint density at radius 1 is 1.33 bits per heavy atom. The van der Waals surface area contributed by atoms with Gasteiger partial charge in [0.05, 0.1) is 13.2 Å². The quantitative estimate of drug-likeness (QED) is 0.789. The Morgan fingerprint density at radius 3 is 2.79 bits per heavy atom. The third-order valence-corrected chi connectivity index (χ3v) is 4.72. The lowest BCUT2D eigenvalue weighted by atomic mass is 10.1. The largest absolute Gasteiger partial charge is 0.467 e. The molecule has 2 fully saturated rings. The van der Waals surface area contributed by atoms with Crippen LogP contribution < -0.4 is 4.90 Å². The summed E-state index contributed by atoms with van der Waals surface area (Å²) >= 11 is 0. The third kappa shape index (κ3) is 3.70. The van der Waals surface area contributed by atoms with Crippen LogP contribution in [0, 0.1) is 5.82 Å². The normalized spacial score (nSPS) is 25.0. The van der Waals surface area contributed by atoms with Gasteiger partial charge in [-0.2, -0.15) is 0 Å². The first-order valence-corrected chi connectivity index (χ1v) is 8.56. The second-order valence-corrected chi connectivity index (χ2v) is 6.58. The van der Waals surface area contributed by atoms with Crippen molar-refractivity contribution >= 4 is 11.7 Å². The standard InChI is InChI=1S/C18H25FN2O3/c1-13-10-20(12-17(24-13)18(22)23-2)11-14-15(19)6-5-7-16(14)21-8-3-4-9-21/h5-7,13,17H,3-4,8-12H2,1-2H3/t13-,17+/m1/s1. The van der Waals surface area contributed by atoms with Crippen molar-refractivity contribution in [2.75, 3.05) is 38.2 Å². The number of esters is 1. The molecular formula is C18H25FN2O3. The molecule has 3 rings (SSSR count). The summed E-state index contributed by atoms with van der Waals surface area (Å²) < 4.78 is 24.9. The average molecular weight is 336 g/mol. The lowest BCUT2D eigenvalue weighted by molar-refractivity contribution is -0.166. The Balaban J connectivity index is 1.78. The number of hydrogen-bond acceptors (Lipinski definition) is 5. The zero-order chi connectivity index (χ0) is 17.1. The van der Waals surface area contributed by atoms with Crippen molar-refractivity contribution in [2.45, 2.75) is 38.5 Å². The number of hydrogen-bond donors (Lipinski definition) is 0. The first-order chi connectivity index (χ1) is 11.6. The number of anilines is 1. The number of benzene rings is 1. The molecule has 0 aliphatic carbocycles. The molecule has 0 saturated carbocycles. The van der Waals surface area contributed by atoms with E-state index in [-0.39, 0.29) is 17.9 Å². The van der Waals surface area contributed by atoms with E-state index in [2.05, 4.69) is 9.80 Å². The number of methoxy groups -OCH3 is 1. The van der Waals surface area contributed by atoms with E-state index < -0.39 is 6.10 Å². The first kappa shape index (κ1) is 17.2. The summed E-state index contributed by atoms with van der Waals surface area (Å²) in [5, 5.41) is 0. The maximum atomic E-state index is 14.5. The predicted molar refractivity (Wildman–Crippen MR) is 89.5 cm³/mol. The van der Waals surface area contributed by atoms with Crippen molar-refractivity contribution in [3.05, 3.63) is 29.6 Å². The molecule has 0 radical (unpaired) electrons. The van der Waals surface area contributed by atoms with Gasteiger partial charge >= 0.3 is 5.97 Å². The molecule has 6 heteroatoms. The van der Waals surface area contributed by atoms with E-state index in [1.807, 2.05) is 13.0 Å². The Hall–Kier alpha value is -1.66. The van der Waals surface area contributed by atoms with Crippen LogP contribution in [0.1, 0.15) is 25.3 Å². The summed E-state index contributed by atoms with van der Waals surface area (Å²) in [5.41, 5.74) is 1.68. The fraction of sp³-hybridized carbons (Fsp3) is 0.611. The molecule has 0 spiro atoms. The second kappa shape index (κ2) is 7.49. The molecule has 24 heavy (non-hydrogen) atoms. The molecule has 0 amide bonds. The number of nitrogens with zero attached hydrogens (tertiary/aromatic N) is 2. The van der Waals surface area contributed by atoms with Gasteiger partial charge in [-0.05, 0) is 31.9 Å². The molecule has 1 aromatic carbocycles. The topological polar surface area (TPSA) is 42.0 Å². The Kier molecular flexibility index (Phi) is 5.36. The predicted octanol–water partition coefficient (Wildman–Crippen LogP) is 2.19. The summed E-state index contributed by atoms with van der Waals surface area (Å²) in [7, 11) is 1.36. The van der Waals surface area contributed by atoms with Crippen molar-refractivity contribution in [1.82, 2.24) is 4.90 Å². The van der Waals surface area contributed by atoms with Gasteiger partial charge in [-0.15, -0.1) is 0 Å². The molecule has 0 aromatic heterocycles. The number of halogens is 1. The summed E-state index contributed by atoms with van der Waals surface area (Å²) in [6.45, 7) is 5.43. The lowest BCUT2D eigenvalue weighted by Gasteiger charge is -2.36. The van der Waals surface area contributed by atoms with Crippen molar-refractivity contribution < 1.29 is 18.7 Å². The van der Waals surface area contributed by atoms with E-state index in [0.29, 0.717) is 25.2 Å². The molecule has 0 bridgehead atoms. The molecule has 2 heterocycles. The number of carbonyl (C=O) groups is 1. The second-order valence-electron chi connectivity index (χ2n) is 6.58. The summed E-state index contributed by atoms with van der Waals surface area (Å²) in [5.74, 6) is -0.562. The van der Waals surface area contributed by atoms with E-state index in [1.54, 1.807) is 6.07 Å². The third-order valence-electron chi connectivity index (χ3n) is 4.72. The van der Waals surface area contributed by atoms with Gasteiger partial charge in [0, 0.05) is 44.0 Å². The van der Waals surface area contributed by atoms with Gasteiger partial charge < -0.3 is 14.4 Å². The van der Waals surface area contributed by atoms with Gasteiger partial charge in [0.1, 0.15) is 5.82 Å². The molecule has 5 nitrogen and oxygen atoms in total. The van der Waals surface area contributed by atoms with E-state index in [4.69, 9.17) is 9.47 Å². The van der Waals surface area contributed by atoms with Crippen molar-refractivity contribution in [1.29, 1.82) is 0 Å². The molecule has 2 saturated heterocycles. The van der Waals surface area contributed by atoms with Crippen molar-refractivity contribution in [2.24, 2.45) is 0 Å². The Bertz CT molecular complexity index is 590. The molecule has 1 aromatic rings. The first-order valence-electron chi connectivity index (χ1n) is 8.56. The zero-order valence-electron chi connectivity index (χ0n) is 14.3. The van der Waals surface area contributed by atoms with Crippen molar-refractivity contribution in [3.63, 3.8) is 0 Å². The van der Waals surface area contributed by atoms with Crippen LogP contribution in [0.2, 0.25) is 0 Å². The maximum Gasteiger partial charge on any atom is 0.336 e. The highest BCUT2D eigenvalue weighted by molar-refractivity contribution is 5.75. The van der Waals surface area contributed by atoms with Crippen LogP contribution in [0.15, 0.2) is 18.2 Å². The van der Waals surface area contributed by atoms with Crippen LogP contribution in [0.4, 0.5) is 10.1 Å². The van der Waals surface area contributed by atoms with E-state index in [1.165, 1.54) is 13.2 Å². The number of morpholine rings is 1. The van der Waals surface area contributed by atoms with E-state index >= 15 is 0 Å². The van der Waals surface area contributed by atoms with Gasteiger partial charge in [-0.3, -0.25) is 4.90 Å². The summed E-state index contributed by atoms with van der Waals surface area (Å²) in [4.78, 5) is 16.1. The Morgan fingerprint density at radius 2 is 2.08 bits per heavy atom. The monoisotopic (exact) mass is 336 g/mol. The summed E-state index contributed by atoms with van der Waals surface area (Å²) in [6.07, 6.45) is 1.59. The van der Waals surface area contributed by atoms with E-state index in [0.717, 1.165) is 31.6 Å². The molecule has 2 aliphatic heterocycles. The minimum Gasteiger partial charge on any atom is -0.467 e. The van der Waals surface area contributed by atoms with Gasteiger partial charge in [-0.1, -0.05) is 6.07 Å². The van der Waals surface area contributed by atoms with Gasteiger partial charge in [0.2, 0.25) is 0 Å². The molecule has 0 N–H and O–H groups in total. The highest BCUT2D eigenvalue weighted by Crippen LogP contribution is 2.28. The van der Waals surface area contributed by atoms with Gasteiger partial charge in [0.15, 0.2) is 6.10 Å². The minimum absolute atomic E-state index is 0.0927. The molecular weight excluding hydrogens is 311 g/mol. The Labute approximate surface area is 142 Å². The van der Waals surface area contributed by atoms with Gasteiger partial charge in [0.25, 0.3) is 0 Å². The fourth-order valence-corrected chi connectivity index (χ4v) is 3.61. The minimum atomic E-state index is -0.610. The van der Waals surface area contributed by atoms with E-state index in [9.17, 15) is 9.18 Å². The molecule has 132 valence electrons. The van der Waals surface area contributed by atoms with Crippen LogP contribution in [0.25, 0.3) is 0 Å². The van der Waals surface area contributed by atoms with Crippen molar-refractivity contribution in [3.8, 4) is 0 Å². The van der Waals surface area contributed by atoms with Crippen LogP contribution in [-0.2, 0) is 20.8 Å². The SMILES string of the molecule is COC(=O)[C@@H]1CN(Cc2c(F)cccc2N2CCCC2)C[C@@H](C)O1. The number of ether oxygens (including phenoxy) is 2. The number of carbonyl (C=O) groups excluding carboxylic acids is 1. The lowest BCUT2D eigenvalue weighted by Crippen LogP contribution is -2.49. The maximum absolute atomic E-state index is 14.5. The fourth-order valence-electron chi connectivity index (χ4n) is 3.61. The average Bonchev–Trinajstić information content (AvgIpc) is 3.09.